The molecule has 3 amide bonds. The van der Waals surface area contributed by atoms with Crippen LogP contribution in [0.1, 0.15) is 32.7 Å². The summed E-state index contributed by atoms with van der Waals surface area (Å²) in [6.07, 6.45) is 0.0225. The van der Waals surface area contributed by atoms with E-state index in [0.717, 1.165) is 14.9 Å². The van der Waals surface area contributed by atoms with Crippen LogP contribution in [-0.2, 0) is 4.79 Å². The molecule has 0 saturated heterocycles. The number of hydrogen-bond donors (Lipinski definition) is 1. The second kappa shape index (κ2) is 6.98. The van der Waals surface area contributed by atoms with E-state index in [1.54, 1.807) is 36.4 Å². The Bertz CT molecular complexity index is 898. The van der Waals surface area contributed by atoms with Crippen molar-refractivity contribution in [1.82, 2.24) is 4.90 Å². The number of imide groups is 1. The van der Waals surface area contributed by atoms with Crippen LogP contribution in [0.4, 0.5) is 5.69 Å². The quantitative estimate of drug-likeness (QED) is 0.758. The topological polar surface area (TPSA) is 66.5 Å². The molecule has 3 rings (SSSR count). The molecule has 0 unspecified atom stereocenters. The molecule has 25 heavy (non-hydrogen) atoms. The van der Waals surface area contributed by atoms with Crippen molar-refractivity contribution in [2.75, 3.05) is 11.9 Å². The number of carbonyl (C=O) groups is 3. The molecule has 5 nitrogen and oxygen atoms in total. The molecule has 0 aromatic heterocycles. The number of benzene rings is 2. The fourth-order valence-corrected chi connectivity index (χ4v) is 3.25. The van der Waals surface area contributed by atoms with Crippen LogP contribution in [0, 0.1) is 6.92 Å². The molecule has 0 aliphatic carbocycles. The lowest BCUT2D eigenvalue weighted by Gasteiger charge is -2.14. The highest BCUT2D eigenvalue weighted by atomic mass is 79.9. The van der Waals surface area contributed by atoms with Gasteiger partial charge in [0.25, 0.3) is 11.8 Å². The SMILES string of the molecule is Cc1cc(Cl)ccc1NC(=O)CCN1C(=O)c2ccc(Br)cc2C1=O. The predicted molar refractivity (Wildman–Crippen MR) is 98.9 cm³/mol. The third-order valence-electron chi connectivity index (χ3n) is 3.96. The van der Waals surface area contributed by atoms with Gasteiger partial charge in [-0.05, 0) is 48.9 Å². The average molecular weight is 422 g/mol. The molecule has 0 atom stereocenters. The summed E-state index contributed by atoms with van der Waals surface area (Å²) in [6.45, 7) is 1.87. The number of nitrogens with zero attached hydrogens (tertiary/aromatic N) is 1. The number of hydrogen-bond acceptors (Lipinski definition) is 3. The molecular weight excluding hydrogens is 408 g/mol. The van der Waals surface area contributed by atoms with Crippen molar-refractivity contribution >= 4 is 50.9 Å². The number of carbonyl (C=O) groups excluding carboxylic acids is 3. The fraction of sp³-hybridized carbons (Fsp3) is 0.167. The molecule has 1 heterocycles. The van der Waals surface area contributed by atoms with Gasteiger partial charge in [-0.2, -0.15) is 0 Å². The molecule has 1 aliphatic rings. The first-order valence-corrected chi connectivity index (χ1v) is 8.75. The molecule has 7 heteroatoms. The van der Waals surface area contributed by atoms with E-state index in [1.165, 1.54) is 0 Å². The van der Waals surface area contributed by atoms with Gasteiger partial charge in [-0.25, -0.2) is 0 Å². The monoisotopic (exact) mass is 420 g/mol. The number of halogens is 2. The summed E-state index contributed by atoms with van der Waals surface area (Å²) in [5, 5.41) is 3.36. The Morgan fingerprint density at radius 1 is 1.12 bits per heavy atom. The van der Waals surface area contributed by atoms with Crippen molar-refractivity contribution in [2.24, 2.45) is 0 Å². The van der Waals surface area contributed by atoms with Crippen LogP contribution in [0.5, 0.6) is 0 Å². The summed E-state index contributed by atoms with van der Waals surface area (Å²) in [4.78, 5) is 37.9. The second-order valence-electron chi connectivity index (χ2n) is 5.71. The van der Waals surface area contributed by atoms with Crippen molar-refractivity contribution < 1.29 is 14.4 Å². The van der Waals surface area contributed by atoms with Crippen LogP contribution >= 0.6 is 27.5 Å². The zero-order valence-corrected chi connectivity index (χ0v) is 15.6. The number of anilines is 1. The van der Waals surface area contributed by atoms with E-state index in [1.807, 2.05) is 6.92 Å². The van der Waals surface area contributed by atoms with Gasteiger partial charge in [-0.15, -0.1) is 0 Å². The highest BCUT2D eigenvalue weighted by molar-refractivity contribution is 9.10. The van der Waals surface area contributed by atoms with Gasteiger partial charge in [0.1, 0.15) is 0 Å². The lowest BCUT2D eigenvalue weighted by atomic mass is 10.1. The summed E-state index contributed by atoms with van der Waals surface area (Å²) in [5.41, 5.74) is 2.21. The van der Waals surface area contributed by atoms with Crippen LogP contribution in [0.2, 0.25) is 5.02 Å². The van der Waals surface area contributed by atoms with Gasteiger partial charge in [-0.1, -0.05) is 27.5 Å². The lowest BCUT2D eigenvalue weighted by Crippen LogP contribution is -2.32. The third-order valence-corrected chi connectivity index (χ3v) is 4.69. The van der Waals surface area contributed by atoms with Crippen molar-refractivity contribution in [3.05, 3.63) is 62.6 Å². The molecule has 2 aromatic rings. The Morgan fingerprint density at radius 2 is 1.84 bits per heavy atom. The van der Waals surface area contributed by atoms with Crippen LogP contribution < -0.4 is 5.32 Å². The predicted octanol–water partition coefficient (Wildman–Crippen LogP) is 4.04. The molecular formula is C18H14BrClN2O3. The summed E-state index contributed by atoms with van der Waals surface area (Å²) >= 11 is 9.18. The number of amides is 3. The van der Waals surface area contributed by atoms with Gasteiger partial charge in [0.2, 0.25) is 5.91 Å². The van der Waals surface area contributed by atoms with E-state index in [2.05, 4.69) is 21.2 Å². The minimum Gasteiger partial charge on any atom is -0.326 e. The van der Waals surface area contributed by atoms with Gasteiger partial charge in [0.05, 0.1) is 11.1 Å². The maximum atomic E-state index is 12.4. The van der Waals surface area contributed by atoms with Gasteiger partial charge in [0.15, 0.2) is 0 Å². The highest BCUT2D eigenvalue weighted by Crippen LogP contribution is 2.26. The van der Waals surface area contributed by atoms with Crippen LogP contribution in [-0.4, -0.2) is 29.2 Å². The van der Waals surface area contributed by atoms with E-state index in [4.69, 9.17) is 11.6 Å². The Labute approximate surface area is 158 Å². The molecule has 0 radical (unpaired) electrons. The maximum absolute atomic E-state index is 12.4. The number of nitrogens with one attached hydrogen (secondary N) is 1. The molecule has 0 fully saturated rings. The number of aryl methyl sites for hydroxylation is 1. The number of rotatable bonds is 4. The Balaban J connectivity index is 1.65. The van der Waals surface area contributed by atoms with Gasteiger partial charge >= 0.3 is 0 Å². The summed E-state index contributed by atoms with van der Waals surface area (Å²) < 4.78 is 0.727. The number of fused-ring (bicyclic) bond motifs is 1. The molecule has 2 aromatic carbocycles. The van der Waals surface area contributed by atoms with Crippen molar-refractivity contribution in [1.29, 1.82) is 0 Å². The smallest absolute Gasteiger partial charge is 0.261 e. The first-order valence-electron chi connectivity index (χ1n) is 7.58. The van der Waals surface area contributed by atoms with Gasteiger partial charge in [-0.3, -0.25) is 19.3 Å². The van der Waals surface area contributed by atoms with Crippen molar-refractivity contribution in [3.63, 3.8) is 0 Å². The third kappa shape index (κ3) is 3.60. The molecule has 0 bridgehead atoms. The van der Waals surface area contributed by atoms with E-state index >= 15 is 0 Å². The Morgan fingerprint density at radius 3 is 2.56 bits per heavy atom. The highest BCUT2D eigenvalue weighted by Gasteiger charge is 2.35. The van der Waals surface area contributed by atoms with Crippen LogP contribution in [0.25, 0.3) is 0 Å². The maximum Gasteiger partial charge on any atom is 0.261 e. The van der Waals surface area contributed by atoms with E-state index < -0.39 is 0 Å². The lowest BCUT2D eigenvalue weighted by molar-refractivity contribution is -0.116. The standard InChI is InChI=1S/C18H14BrClN2O3/c1-10-8-12(20)3-5-15(10)21-16(23)6-7-22-17(24)13-4-2-11(19)9-14(13)18(22)25/h2-5,8-9H,6-7H2,1H3,(H,21,23). The zero-order chi connectivity index (χ0) is 18.1. The first-order chi connectivity index (χ1) is 11.9. The van der Waals surface area contributed by atoms with E-state index in [9.17, 15) is 14.4 Å². The van der Waals surface area contributed by atoms with Crippen LogP contribution in [0.3, 0.4) is 0 Å². The first kappa shape index (κ1) is 17.6. The average Bonchev–Trinajstić information content (AvgIpc) is 2.79. The minimum absolute atomic E-state index is 0.0225. The van der Waals surface area contributed by atoms with E-state index in [-0.39, 0.29) is 30.7 Å². The van der Waals surface area contributed by atoms with Gasteiger partial charge < -0.3 is 5.32 Å². The normalized spacial score (nSPS) is 13.2. The van der Waals surface area contributed by atoms with E-state index in [0.29, 0.717) is 21.8 Å². The Kier molecular flexibility index (Phi) is 4.92. The molecule has 1 aliphatic heterocycles. The summed E-state index contributed by atoms with van der Waals surface area (Å²) in [6, 6.07) is 10.1. The minimum atomic E-state index is -0.378. The zero-order valence-electron chi connectivity index (χ0n) is 13.3. The van der Waals surface area contributed by atoms with Crippen LogP contribution in [0.15, 0.2) is 40.9 Å². The summed E-state index contributed by atoms with van der Waals surface area (Å²) in [7, 11) is 0. The van der Waals surface area contributed by atoms with Crippen molar-refractivity contribution in [2.45, 2.75) is 13.3 Å². The van der Waals surface area contributed by atoms with Gasteiger partial charge in [0, 0.05) is 28.1 Å². The molecule has 128 valence electrons. The summed E-state index contributed by atoms with van der Waals surface area (Å²) in [5.74, 6) is -1.03. The molecule has 0 saturated carbocycles. The Hall–Kier alpha value is -2.18. The fourth-order valence-electron chi connectivity index (χ4n) is 2.66. The van der Waals surface area contributed by atoms with Crippen molar-refractivity contribution in [3.8, 4) is 0 Å². The largest absolute Gasteiger partial charge is 0.326 e. The molecule has 1 N–H and O–H groups in total. The second-order valence-corrected chi connectivity index (χ2v) is 7.06. The molecule has 0 spiro atoms.